The highest BCUT2D eigenvalue weighted by molar-refractivity contribution is 5.14. The molecule has 92 valence electrons. The molecule has 3 heteroatoms. The lowest BCUT2D eigenvalue weighted by molar-refractivity contribution is 0.133. The van der Waals surface area contributed by atoms with Crippen LogP contribution in [0.1, 0.15) is 13.8 Å². The molecular weight excluding hydrogens is 198 g/mol. The van der Waals surface area contributed by atoms with Crippen molar-refractivity contribution >= 4 is 0 Å². The normalized spacial score (nSPS) is 18.6. The zero-order chi connectivity index (χ0) is 12.0. The van der Waals surface area contributed by atoms with Crippen molar-refractivity contribution < 1.29 is 0 Å². The van der Waals surface area contributed by atoms with Crippen LogP contribution in [0.25, 0.3) is 0 Å². The van der Waals surface area contributed by atoms with Gasteiger partial charge in [-0.1, -0.05) is 12.7 Å². The van der Waals surface area contributed by atoms with Gasteiger partial charge in [0.25, 0.3) is 0 Å². The number of nitrogens with zero attached hydrogens (tertiary/aromatic N) is 2. The predicted molar refractivity (Wildman–Crippen MR) is 70.5 cm³/mol. The first kappa shape index (κ1) is 13.3. The molecule has 1 rings (SSSR count). The molecule has 0 unspecified atom stereocenters. The number of rotatable bonds is 5. The Bertz CT molecular complexity index is 238. The van der Waals surface area contributed by atoms with E-state index in [-0.39, 0.29) is 0 Å². The number of hydrogen-bond donors (Lipinski definition) is 1. The average Bonchev–Trinajstić information content (AvgIpc) is 2.29. The highest BCUT2D eigenvalue weighted by atomic mass is 15.3. The molecule has 1 fully saturated rings. The Hall–Kier alpha value is -0.800. The molecule has 3 nitrogen and oxygen atoms in total. The lowest BCUT2D eigenvalue weighted by atomic mass is 10.2. The topological polar surface area (TPSA) is 18.5 Å². The van der Waals surface area contributed by atoms with Crippen LogP contribution in [0.5, 0.6) is 0 Å². The van der Waals surface area contributed by atoms with Crippen molar-refractivity contribution in [2.75, 3.05) is 39.8 Å². The predicted octanol–water partition coefficient (Wildman–Crippen LogP) is 1.30. The Balaban J connectivity index is 2.33. The molecule has 1 heterocycles. The van der Waals surface area contributed by atoms with E-state index in [1.165, 1.54) is 0 Å². The van der Waals surface area contributed by atoms with Crippen LogP contribution >= 0.6 is 0 Å². The van der Waals surface area contributed by atoms with E-state index in [1.807, 2.05) is 7.05 Å². The van der Waals surface area contributed by atoms with E-state index in [2.05, 4.69) is 47.7 Å². The Morgan fingerprint density at radius 1 is 1.31 bits per heavy atom. The molecule has 0 bridgehead atoms. The van der Waals surface area contributed by atoms with Crippen LogP contribution in [-0.2, 0) is 0 Å². The Labute approximate surface area is 99.8 Å². The molecular formula is C13H25N3. The van der Waals surface area contributed by atoms with Gasteiger partial charge in [0.15, 0.2) is 0 Å². The quantitative estimate of drug-likeness (QED) is 0.709. The van der Waals surface area contributed by atoms with Crippen LogP contribution < -0.4 is 5.32 Å². The van der Waals surface area contributed by atoms with Gasteiger partial charge < -0.3 is 10.2 Å². The van der Waals surface area contributed by atoms with Gasteiger partial charge in [0.2, 0.25) is 0 Å². The summed E-state index contributed by atoms with van der Waals surface area (Å²) < 4.78 is 0. The zero-order valence-electron chi connectivity index (χ0n) is 10.9. The summed E-state index contributed by atoms with van der Waals surface area (Å²) in [6, 6.07) is 0.662. The van der Waals surface area contributed by atoms with Gasteiger partial charge >= 0.3 is 0 Å². The fourth-order valence-corrected chi connectivity index (χ4v) is 1.94. The third kappa shape index (κ3) is 3.99. The van der Waals surface area contributed by atoms with Crippen molar-refractivity contribution in [3.8, 4) is 0 Å². The maximum Gasteiger partial charge on any atom is 0.0306 e. The summed E-state index contributed by atoms with van der Waals surface area (Å²) in [7, 11) is 1.95. The Kier molecular flexibility index (Phi) is 5.56. The van der Waals surface area contributed by atoms with E-state index in [0.29, 0.717) is 6.04 Å². The molecule has 0 amide bonds. The molecule has 1 aliphatic rings. The lowest BCUT2D eigenvalue weighted by Crippen LogP contribution is -2.48. The number of hydrogen-bond acceptors (Lipinski definition) is 3. The van der Waals surface area contributed by atoms with E-state index < -0.39 is 0 Å². The molecule has 0 radical (unpaired) electrons. The molecule has 1 aliphatic heterocycles. The van der Waals surface area contributed by atoms with Gasteiger partial charge in [0, 0.05) is 44.5 Å². The average molecular weight is 223 g/mol. The first-order chi connectivity index (χ1) is 7.65. The number of allylic oxidation sites excluding steroid dienone is 1. The fourth-order valence-electron chi connectivity index (χ4n) is 1.94. The maximum absolute atomic E-state index is 4.11. The SMILES string of the molecule is C=C(/C=C/CNC)N1CCN(C(C)C)CC1. The highest BCUT2D eigenvalue weighted by Gasteiger charge is 2.18. The zero-order valence-corrected chi connectivity index (χ0v) is 10.9. The Morgan fingerprint density at radius 3 is 2.44 bits per heavy atom. The van der Waals surface area contributed by atoms with Crippen LogP contribution in [0, 0.1) is 0 Å². The molecule has 0 aliphatic carbocycles. The van der Waals surface area contributed by atoms with Gasteiger partial charge in [-0.25, -0.2) is 0 Å². The minimum absolute atomic E-state index is 0.662. The minimum Gasteiger partial charge on any atom is -0.369 e. The van der Waals surface area contributed by atoms with Gasteiger partial charge in [-0.2, -0.15) is 0 Å². The van der Waals surface area contributed by atoms with Crippen molar-refractivity contribution in [3.63, 3.8) is 0 Å². The van der Waals surface area contributed by atoms with Gasteiger partial charge in [-0.3, -0.25) is 4.90 Å². The van der Waals surface area contributed by atoms with Crippen LogP contribution in [0.4, 0.5) is 0 Å². The van der Waals surface area contributed by atoms with Crippen LogP contribution in [0.15, 0.2) is 24.4 Å². The van der Waals surface area contributed by atoms with Crippen molar-refractivity contribution in [2.45, 2.75) is 19.9 Å². The molecule has 1 N–H and O–H groups in total. The summed E-state index contributed by atoms with van der Waals surface area (Å²) in [5.74, 6) is 0. The highest BCUT2D eigenvalue weighted by Crippen LogP contribution is 2.10. The lowest BCUT2D eigenvalue weighted by Gasteiger charge is -2.38. The van der Waals surface area contributed by atoms with Crippen LogP contribution in [0.2, 0.25) is 0 Å². The maximum atomic E-state index is 4.11. The third-order valence-corrected chi connectivity index (χ3v) is 3.08. The van der Waals surface area contributed by atoms with Crippen molar-refractivity contribution in [2.24, 2.45) is 0 Å². The molecule has 1 saturated heterocycles. The molecule has 0 aromatic heterocycles. The Morgan fingerprint density at radius 2 is 1.94 bits per heavy atom. The van der Waals surface area contributed by atoms with Crippen molar-refractivity contribution in [1.29, 1.82) is 0 Å². The second-order valence-electron chi connectivity index (χ2n) is 4.57. The summed E-state index contributed by atoms with van der Waals surface area (Å²) in [4.78, 5) is 4.88. The van der Waals surface area contributed by atoms with Gasteiger partial charge in [0.05, 0.1) is 0 Å². The molecule has 0 aromatic rings. The van der Waals surface area contributed by atoms with Gasteiger partial charge in [-0.05, 0) is 27.0 Å². The van der Waals surface area contributed by atoms with Crippen molar-refractivity contribution in [1.82, 2.24) is 15.1 Å². The molecule has 0 aromatic carbocycles. The molecule has 0 saturated carbocycles. The fraction of sp³-hybridized carbons (Fsp3) is 0.692. The standard InChI is InChI=1S/C13H25N3/c1-12(2)15-8-10-16(11-9-15)13(3)6-5-7-14-4/h5-6,12,14H,3,7-11H2,1-2,4H3/b6-5+. The summed E-state index contributed by atoms with van der Waals surface area (Å²) >= 11 is 0. The van der Waals surface area contributed by atoms with E-state index >= 15 is 0 Å². The number of nitrogens with one attached hydrogen (secondary N) is 1. The summed E-state index contributed by atoms with van der Waals surface area (Å²) in [5, 5.41) is 3.09. The first-order valence-corrected chi connectivity index (χ1v) is 6.14. The molecule has 16 heavy (non-hydrogen) atoms. The summed E-state index contributed by atoms with van der Waals surface area (Å²) in [6.45, 7) is 14.0. The van der Waals surface area contributed by atoms with E-state index in [9.17, 15) is 0 Å². The molecule has 0 atom stereocenters. The third-order valence-electron chi connectivity index (χ3n) is 3.08. The second kappa shape index (κ2) is 6.71. The molecule has 0 spiro atoms. The van der Waals surface area contributed by atoms with Gasteiger partial charge in [0.1, 0.15) is 0 Å². The van der Waals surface area contributed by atoms with E-state index in [4.69, 9.17) is 0 Å². The summed E-state index contributed by atoms with van der Waals surface area (Å²) in [5.41, 5.74) is 1.14. The van der Waals surface area contributed by atoms with Crippen molar-refractivity contribution in [3.05, 3.63) is 24.4 Å². The first-order valence-electron chi connectivity index (χ1n) is 6.14. The summed E-state index contributed by atoms with van der Waals surface area (Å²) in [6.07, 6.45) is 4.23. The number of piperazine rings is 1. The second-order valence-corrected chi connectivity index (χ2v) is 4.57. The monoisotopic (exact) mass is 223 g/mol. The van der Waals surface area contributed by atoms with E-state index in [1.54, 1.807) is 0 Å². The van der Waals surface area contributed by atoms with E-state index in [0.717, 1.165) is 38.4 Å². The smallest absolute Gasteiger partial charge is 0.0306 e. The minimum atomic E-state index is 0.662. The number of likely N-dealkylation sites (N-methyl/N-ethyl adjacent to an activating group) is 1. The van der Waals surface area contributed by atoms with Crippen LogP contribution in [-0.4, -0.2) is 55.6 Å². The largest absolute Gasteiger partial charge is 0.369 e. The van der Waals surface area contributed by atoms with Gasteiger partial charge in [-0.15, -0.1) is 0 Å². The van der Waals surface area contributed by atoms with Crippen LogP contribution in [0.3, 0.4) is 0 Å².